The summed E-state index contributed by atoms with van der Waals surface area (Å²) in [5.74, 6) is 5.33. The Hall–Kier alpha value is 0.780. The van der Waals surface area contributed by atoms with Crippen molar-refractivity contribution in [3.8, 4) is 0 Å². The summed E-state index contributed by atoms with van der Waals surface area (Å²) >= 11 is 0. The molecule has 3 nitrogen and oxygen atoms in total. The van der Waals surface area contributed by atoms with E-state index in [4.69, 9.17) is 7.94 Å². The fraction of sp³-hybridized carbons (Fsp3) is 1.00. The molecule has 288 valence electrons. The first-order chi connectivity index (χ1) is 22.8. The number of halogens is 1. The van der Waals surface area contributed by atoms with Gasteiger partial charge in [0.05, 0.1) is 0 Å². The molecule has 7 heteroatoms. The van der Waals surface area contributed by atoms with Crippen LogP contribution in [0, 0.1) is 0 Å². The smallest absolute Gasteiger partial charge is 0.233 e. The lowest BCUT2D eigenvalue weighted by atomic mass is 10.2. The highest BCUT2D eigenvalue weighted by molar-refractivity contribution is 8.33. The average molecular weight is 729 g/mol. The lowest BCUT2D eigenvalue weighted by molar-refractivity contribution is 0.363. The summed E-state index contributed by atoms with van der Waals surface area (Å²) in [5, 5.41) is 0. The highest BCUT2D eigenvalue weighted by Gasteiger charge is 2.42. The van der Waals surface area contributed by atoms with Crippen molar-refractivity contribution in [3.63, 3.8) is 0 Å². The molecule has 47 heavy (non-hydrogen) atoms. The first kappa shape index (κ1) is 47.8. The van der Waals surface area contributed by atoms with Gasteiger partial charge in [0.25, 0.3) is 0 Å². The standard InChI is InChI=1S/C40H86FO3PS2/c1-7-13-19-25-31-37-46(35-29-23-17-11-5,38-32-26-20-14-8-2)43-45(41,42)44-47(36-30-24-18-12-6,39-33-27-21-15-9-3)40-34-28-22-16-10-4/h7-40H2,1-6H3. The maximum absolute atomic E-state index is 16.9. The van der Waals surface area contributed by atoms with Crippen molar-refractivity contribution in [1.82, 2.24) is 0 Å². The Morgan fingerprint density at radius 2 is 0.511 bits per heavy atom. The van der Waals surface area contributed by atoms with Gasteiger partial charge in [-0.05, 0) is 73.0 Å². The topological polar surface area (TPSA) is 35.5 Å². The molecule has 0 spiro atoms. The third kappa shape index (κ3) is 27.1. The van der Waals surface area contributed by atoms with Crippen molar-refractivity contribution in [1.29, 1.82) is 0 Å². The summed E-state index contributed by atoms with van der Waals surface area (Å²) in [5.41, 5.74) is 0. The number of hydrogen-bond acceptors (Lipinski definition) is 3. The van der Waals surface area contributed by atoms with Crippen molar-refractivity contribution in [2.75, 3.05) is 34.5 Å². The third-order valence-electron chi connectivity index (χ3n) is 9.71. The molecule has 0 aromatic heterocycles. The second kappa shape index (κ2) is 32.7. The van der Waals surface area contributed by atoms with Gasteiger partial charge in [0.1, 0.15) is 0 Å². The maximum Gasteiger partial charge on any atom is 0.532 e. The molecular formula is C40H86FO3PS2. The maximum atomic E-state index is 16.9. The second-order valence-electron chi connectivity index (χ2n) is 14.5. The molecule has 0 N–H and O–H groups in total. The van der Waals surface area contributed by atoms with E-state index in [2.05, 4.69) is 41.5 Å². The van der Waals surface area contributed by atoms with Gasteiger partial charge in [-0.2, -0.15) is 0 Å². The molecule has 0 amide bonds. The van der Waals surface area contributed by atoms with Crippen molar-refractivity contribution >= 4 is 28.5 Å². The van der Waals surface area contributed by atoms with Crippen LogP contribution in [-0.2, 0) is 12.5 Å². The molecule has 0 aliphatic rings. The highest BCUT2D eigenvalue weighted by atomic mass is 32.3. The Balaban J connectivity index is 6.25. The third-order valence-corrected chi connectivity index (χ3v) is 19.9. The van der Waals surface area contributed by atoms with Gasteiger partial charge in [0.2, 0.25) is 0 Å². The van der Waals surface area contributed by atoms with Crippen molar-refractivity contribution < 1.29 is 16.7 Å². The monoisotopic (exact) mass is 729 g/mol. The molecule has 0 saturated heterocycles. The minimum absolute atomic E-state index is 0.888. The van der Waals surface area contributed by atoms with Gasteiger partial charge in [-0.1, -0.05) is 183 Å². The van der Waals surface area contributed by atoms with Crippen LogP contribution in [0.15, 0.2) is 0 Å². The first-order valence-corrected chi connectivity index (χ1v) is 26.6. The summed E-state index contributed by atoms with van der Waals surface area (Å²) < 4.78 is 44.3. The summed E-state index contributed by atoms with van der Waals surface area (Å²) in [6.45, 7) is 13.5. The van der Waals surface area contributed by atoms with E-state index in [1.807, 2.05) is 0 Å². The molecule has 0 unspecified atom stereocenters. The van der Waals surface area contributed by atoms with Crippen LogP contribution in [0.3, 0.4) is 0 Å². The fourth-order valence-corrected chi connectivity index (χ4v) is 17.4. The van der Waals surface area contributed by atoms with Gasteiger partial charge in [-0.25, -0.2) is 12.5 Å². The molecule has 0 aromatic rings. The van der Waals surface area contributed by atoms with Crippen molar-refractivity contribution in [2.45, 2.75) is 221 Å². The summed E-state index contributed by atoms with van der Waals surface area (Å²) in [6.07, 6.45) is 32.8. The normalized spacial score (nSPS) is 13.4. The molecule has 0 heterocycles. The van der Waals surface area contributed by atoms with E-state index in [9.17, 15) is 4.57 Å². The zero-order valence-corrected chi connectivity index (χ0v) is 35.4. The molecule has 0 saturated carbocycles. The molecule has 0 aliphatic carbocycles. The van der Waals surface area contributed by atoms with E-state index in [0.717, 1.165) is 112 Å². The average Bonchev–Trinajstić information content (AvgIpc) is 3.04. The predicted octanol–water partition coefficient (Wildman–Crippen LogP) is 16.6. The van der Waals surface area contributed by atoms with Gasteiger partial charge >= 0.3 is 7.91 Å². The SMILES string of the molecule is CCCCCCCS(CCCCCC)(CCCCCCC)OP(=O)(F)OS(CCCCCC)(CCCCCCC)CCCCCCC. The van der Waals surface area contributed by atoms with Gasteiger partial charge in [-0.15, -0.1) is 24.8 Å². The second-order valence-corrected chi connectivity index (χ2v) is 22.9. The zero-order valence-electron chi connectivity index (χ0n) is 32.9. The van der Waals surface area contributed by atoms with Crippen LogP contribution in [0.1, 0.15) is 221 Å². The van der Waals surface area contributed by atoms with E-state index < -0.39 is 28.5 Å². The number of unbranched alkanes of at least 4 members (excludes halogenated alkanes) is 22. The Labute approximate surface area is 299 Å². The Bertz CT molecular complexity index is 629. The van der Waals surface area contributed by atoms with E-state index in [-0.39, 0.29) is 0 Å². The van der Waals surface area contributed by atoms with E-state index >= 15 is 4.20 Å². The summed E-state index contributed by atoms with van der Waals surface area (Å²) in [4.78, 5) is 0. The summed E-state index contributed by atoms with van der Waals surface area (Å²) in [6, 6.07) is 0. The Kier molecular flexibility index (Phi) is 33.2. The van der Waals surface area contributed by atoms with Crippen LogP contribution >= 0.6 is 28.5 Å². The Morgan fingerprint density at radius 1 is 0.340 bits per heavy atom. The van der Waals surface area contributed by atoms with E-state index in [0.29, 0.717) is 0 Å². The lowest BCUT2D eigenvalue weighted by Crippen LogP contribution is -2.20. The molecule has 0 radical (unpaired) electrons. The molecule has 0 aliphatic heterocycles. The van der Waals surface area contributed by atoms with Gasteiger partial charge in [-0.3, -0.25) is 0 Å². The minimum Gasteiger partial charge on any atom is -0.233 e. The minimum atomic E-state index is -4.72. The Morgan fingerprint density at radius 3 is 0.702 bits per heavy atom. The van der Waals surface area contributed by atoms with Gasteiger partial charge in [0, 0.05) is 0 Å². The van der Waals surface area contributed by atoms with E-state index in [1.54, 1.807) is 0 Å². The van der Waals surface area contributed by atoms with Crippen LogP contribution in [0.5, 0.6) is 0 Å². The first-order valence-electron chi connectivity index (χ1n) is 21.0. The largest absolute Gasteiger partial charge is 0.532 e. The quantitative estimate of drug-likeness (QED) is 0.0469. The van der Waals surface area contributed by atoms with Crippen molar-refractivity contribution in [2.24, 2.45) is 0 Å². The fourth-order valence-electron chi connectivity index (χ4n) is 6.68. The van der Waals surface area contributed by atoms with Gasteiger partial charge in [0.15, 0.2) is 0 Å². The molecule has 0 fully saturated rings. The van der Waals surface area contributed by atoms with Crippen molar-refractivity contribution in [3.05, 3.63) is 0 Å². The van der Waals surface area contributed by atoms with Crippen LogP contribution in [0.2, 0.25) is 0 Å². The number of hydrogen-bond donors (Lipinski definition) is 0. The van der Waals surface area contributed by atoms with E-state index in [1.165, 1.54) is 103 Å². The predicted molar refractivity (Wildman–Crippen MR) is 219 cm³/mol. The van der Waals surface area contributed by atoms with Crippen LogP contribution in [0.25, 0.3) is 0 Å². The molecule has 0 atom stereocenters. The molecule has 0 bridgehead atoms. The number of rotatable bonds is 38. The van der Waals surface area contributed by atoms with Crippen LogP contribution in [0.4, 0.5) is 4.20 Å². The zero-order chi connectivity index (χ0) is 35.0. The highest BCUT2D eigenvalue weighted by Crippen LogP contribution is 2.73. The van der Waals surface area contributed by atoms with Crippen LogP contribution in [-0.4, -0.2) is 34.5 Å². The molecule has 0 rings (SSSR count). The van der Waals surface area contributed by atoms with Crippen LogP contribution < -0.4 is 0 Å². The molecular weight excluding hydrogens is 643 g/mol. The molecule has 0 aromatic carbocycles. The van der Waals surface area contributed by atoms with Gasteiger partial charge < -0.3 is 0 Å². The summed E-state index contributed by atoms with van der Waals surface area (Å²) in [7, 11) is -8.37. The lowest BCUT2D eigenvalue weighted by Gasteiger charge is -2.44.